The average molecular weight is 372 g/mol. The van der Waals surface area contributed by atoms with E-state index in [0.29, 0.717) is 10.6 Å². The van der Waals surface area contributed by atoms with E-state index in [1.54, 1.807) is 24.3 Å². The fraction of sp³-hybridized carbons (Fsp3) is 0.143. The molecule has 2 aromatic carbocycles. The molecule has 0 radical (unpaired) electrons. The van der Waals surface area contributed by atoms with Crippen LogP contribution in [0.4, 0.5) is 11.4 Å². The van der Waals surface area contributed by atoms with E-state index < -0.39 is 31.6 Å². The highest BCUT2D eigenvalue weighted by atomic mass is 35.5. The summed E-state index contributed by atoms with van der Waals surface area (Å²) in [4.78, 5) is 9.78. The van der Waals surface area contributed by atoms with Gasteiger partial charge in [0.05, 0.1) is 15.9 Å². The normalized spacial score (nSPS) is 12.6. The molecule has 0 aliphatic rings. The molecule has 2 aromatic rings. The summed E-state index contributed by atoms with van der Waals surface area (Å²) in [5.74, 6) is 0. The Morgan fingerprint density at radius 1 is 1.29 bits per heavy atom. The summed E-state index contributed by atoms with van der Waals surface area (Å²) in [7, 11) is -4.11. The number of halogens is 1. The molecule has 0 amide bonds. The number of hydrogen-bond acceptors (Lipinski definition) is 6. The van der Waals surface area contributed by atoms with Gasteiger partial charge in [0.2, 0.25) is 10.0 Å². The maximum absolute atomic E-state index is 11.4. The first kappa shape index (κ1) is 18.1. The Morgan fingerprint density at radius 3 is 2.54 bits per heavy atom. The third-order valence-electron chi connectivity index (χ3n) is 3.19. The van der Waals surface area contributed by atoms with Crippen molar-refractivity contribution >= 4 is 33.0 Å². The van der Waals surface area contributed by atoms with Crippen LogP contribution >= 0.6 is 11.6 Å². The van der Waals surface area contributed by atoms with E-state index in [1.165, 1.54) is 0 Å². The second-order valence-electron chi connectivity index (χ2n) is 4.94. The van der Waals surface area contributed by atoms with Gasteiger partial charge in [0.15, 0.2) is 0 Å². The summed E-state index contributed by atoms with van der Waals surface area (Å²) < 4.78 is 22.8. The summed E-state index contributed by atoms with van der Waals surface area (Å²) >= 11 is 5.98. The zero-order chi connectivity index (χ0) is 17.9. The third kappa shape index (κ3) is 4.42. The van der Waals surface area contributed by atoms with Gasteiger partial charge in [-0.1, -0.05) is 29.8 Å². The number of nitrogens with zero attached hydrogens (tertiary/aromatic N) is 1. The molecule has 0 bridgehead atoms. The van der Waals surface area contributed by atoms with Gasteiger partial charge in [0, 0.05) is 35.0 Å². The van der Waals surface area contributed by atoms with Crippen LogP contribution in [0.3, 0.4) is 0 Å². The molecule has 0 saturated carbocycles. The van der Waals surface area contributed by atoms with Gasteiger partial charge in [0.1, 0.15) is 0 Å². The van der Waals surface area contributed by atoms with Gasteiger partial charge >= 0.3 is 0 Å². The minimum absolute atomic E-state index is 0.0328. The Morgan fingerprint density at radius 2 is 1.96 bits per heavy atom. The number of anilines is 1. The minimum atomic E-state index is -4.11. The molecule has 0 aromatic heterocycles. The number of hydrogen-bond donors (Lipinski definition) is 3. The minimum Gasteiger partial charge on any atom is -0.387 e. The largest absolute Gasteiger partial charge is 0.387 e. The van der Waals surface area contributed by atoms with E-state index in [2.05, 4.69) is 5.32 Å². The topological polar surface area (TPSA) is 136 Å². The lowest BCUT2D eigenvalue weighted by molar-refractivity contribution is -0.385. The average Bonchev–Trinajstić information content (AvgIpc) is 2.52. The van der Waals surface area contributed by atoms with Gasteiger partial charge in [-0.05, 0) is 12.1 Å². The van der Waals surface area contributed by atoms with Gasteiger partial charge in [0.25, 0.3) is 5.69 Å². The predicted molar refractivity (Wildman–Crippen MR) is 89.4 cm³/mol. The maximum atomic E-state index is 11.4. The fourth-order valence-corrected chi connectivity index (χ4v) is 2.86. The Labute approximate surface area is 143 Å². The number of rotatable bonds is 6. The van der Waals surface area contributed by atoms with Crippen LogP contribution in [0.25, 0.3) is 0 Å². The number of sulfonamides is 1. The van der Waals surface area contributed by atoms with Crippen molar-refractivity contribution in [3.05, 3.63) is 63.2 Å². The van der Waals surface area contributed by atoms with Crippen LogP contribution < -0.4 is 10.5 Å². The van der Waals surface area contributed by atoms with Crippen LogP contribution in [0.2, 0.25) is 5.02 Å². The molecule has 0 aliphatic heterocycles. The number of nitrogens with two attached hydrogens (primary N) is 1. The zero-order valence-corrected chi connectivity index (χ0v) is 13.8. The van der Waals surface area contributed by atoms with Crippen LogP contribution in [-0.2, 0) is 10.0 Å². The first-order valence-electron chi connectivity index (χ1n) is 6.67. The second-order valence-corrected chi connectivity index (χ2v) is 6.90. The van der Waals surface area contributed by atoms with Gasteiger partial charge in [-0.3, -0.25) is 10.1 Å². The van der Waals surface area contributed by atoms with Crippen LogP contribution in [0.15, 0.2) is 47.4 Å². The van der Waals surface area contributed by atoms with Crippen LogP contribution in [0, 0.1) is 10.1 Å². The number of primary sulfonamides is 1. The Balaban J connectivity index is 2.25. The van der Waals surface area contributed by atoms with E-state index in [-0.39, 0.29) is 12.2 Å². The van der Waals surface area contributed by atoms with Crippen molar-refractivity contribution in [3.8, 4) is 0 Å². The molecule has 0 fully saturated rings. The van der Waals surface area contributed by atoms with Crippen molar-refractivity contribution in [2.75, 3.05) is 11.9 Å². The summed E-state index contributed by atoms with van der Waals surface area (Å²) in [6, 6.07) is 9.84. The molecule has 10 heteroatoms. The molecule has 24 heavy (non-hydrogen) atoms. The van der Waals surface area contributed by atoms with Gasteiger partial charge in [-0.25, -0.2) is 13.6 Å². The molecule has 1 unspecified atom stereocenters. The number of nitro groups is 1. The summed E-state index contributed by atoms with van der Waals surface area (Å²) in [6.07, 6.45) is -0.990. The fourth-order valence-electron chi connectivity index (χ4n) is 2.02. The van der Waals surface area contributed by atoms with E-state index in [4.69, 9.17) is 16.7 Å². The summed E-state index contributed by atoms with van der Waals surface area (Å²) in [6.45, 7) is -0.0328. The van der Waals surface area contributed by atoms with Crippen molar-refractivity contribution in [2.24, 2.45) is 5.14 Å². The van der Waals surface area contributed by atoms with Crippen molar-refractivity contribution in [3.63, 3.8) is 0 Å². The SMILES string of the molecule is NS(=O)(=O)c1cc(NCC(O)c2ccccc2Cl)cc([N+](=O)[O-])c1. The number of non-ortho nitro benzene ring substituents is 1. The Kier molecular flexibility index (Phi) is 5.40. The number of nitrogens with one attached hydrogen (secondary N) is 1. The Bertz CT molecular complexity index is 872. The molecule has 0 saturated heterocycles. The molecule has 0 heterocycles. The van der Waals surface area contributed by atoms with E-state index in [0.717, 1.165) is 18.2 Å². The number of nitro benzene ring substituents is 1. The molecule has 8 nitrogen and oxygen atoms in total. The molecule has 1 atom stereocenters. The third-order valence-corrected chi connectivity index (χ3v) is 4.43. The molecule has 2 rings (SSSR count). The van der Waals surface area contributed by atoms with E-state index >= 15 is 0 Å². The first-order valence-corrected chi connectivity index (χ1v) is 8.59. The number of aliphatic hydroxyl groups excluding tert-OH is 1. The zero-order valence-electron chi connectivity index (χ0n) is 12.2. The van der Waals surface area contributed by atoms with Crippen molar-refractivity contribution in [1.82, 2.24) is 0 Å². The summed E-state index contributed by atoms with van der Waals surface area (Å²) in [5, 5.41) is 29.2. The van der Waals surface area contributed by atoms with Crippen molar-refractivity contribution < 1.29 is 18.4 Å². The highest BCUT2D eigenvalue weighted by molar-refractivity contribution is 7.89. The molecule has 0 spiro atoms. The predicted octanol–water partition coefficient (Wildman–Crippen LogP) is 2.04. The smallest absolute Gasteiger partial charge is 0.272 e. The van der Waals surface area contributed by atoms with Crippen LogP contribution in [0.1, 0.15) is 11.7 Å². The van der Waals surface area contributed by atoms with Gasteiger partial charge < -0.3 is 10.4 Å². The van der Waals surface area contributed by atoms with E-state index in [9.17, 15) is 23.6 Å². The van der Waals surface area contributed by atoms with Gasteiger partial charge in [-0.15, -0.1) is 0 Å². The lowest BCUT2D eigenvalue weighted by atomic mass is 10.1. The monoisotopic (exact) mass is 371 g/mol. The molecular formula is C14H14ClN3O5S. The number of aliphatic hydroxyl groups is 1. The summed E-state index contributed by atoms with van der Waals surface area (Å²) in [5.41, 5.74) is 0.180. The van der Waals surface area contributed by atoms with Crippen molar-refractivity contribution in [1.29, 1.82) is 0 Å². The standard InChI is InChI=1S/C14H14ClN3O5S/c15-13-4-2-1-3-12(13)14(19)8-17-9-5-10(18(20)21)7-11(6-9)24(16,22)23/h1-7,14,17,19H,8H2,(H2,16,22,23). The highest BCUT2D eigenvalue weighted by Crippen LogP contribution is 2.26. The maximum Gasteiger partial charge on any atom is 0.272 e. The van der Waals surface area contributed by atoms with E-state index in [1.807, 2.05) is 0 Å². The van der Waals surface area contributed by atoms with Gasteiger partial charge in [-0.2, -0.15) is 0 Å². The lowest BCUT2D eigenvalue weighted by Gasteiger charge is -2.15. The lowest BCUT2D eigenvalue weighted by Crippen LogP contribution is -2.15. The molecular weight excluding hydrogens is 358 g/mol. The Hall–Kier alpha value is -2.20. The number of benzene rings is 2. The molecule has 4 N–H and O–H groups in total. The van der Waals surface area contributed by atoms with Crippen LogP contribution in [0.5, 0.6) is 0 Å². The quantitative estimate of drug-likeness (QED) is 0.525. The molecule has 128 valence electrons. The first-order chi connectivity index (χ1) is 11.2. The second kappa shape index (κ2) is 7.14. The van der Waals surface area contributed by atoms with Crippen LogP contribution in [-0.4, -0.2) is 25.0 Å². The highest BCUT2D eigenvalue weighted by Gasteiger charge is 2.17. The van der Waals surface area contributed by atoms with Crippen molar-refractivity contribution in [2.45, 2.75) is 11.0 Å². The molecule has 0 aliphatic carbocycles.